The molecule has 2 amide bonds. The number of alkyl carbamates (subject to hydrolysis) is 1. The molecule has 26 heavy (non-hydrogen) atoms. The third-order valence-corrected chi connectivity index (χ3v) is 3.18. The number of aliphatic carboxylic acids is 1. The fourth-order valence-electron chi connectivity index (χ4n) is 1.94. The monoisotopic (exact) mass is 366 g/mol. The van der Waals surface area contributed by atoms with Gasteiger partial charge in [-0.05, 0) is 18.9 Å². The highest BCUT2D eigenvalue weighted by Crippen LogP contribution is 2.03. The number of ether oxygens (including phenoxy) is 2. The maximum Gasteiger partial charge on any atom is 0.408 e. The number of carboxylic acid groups (broad SMARTS) is 1. The number of carbonyl (C=O) groups is 4. The normalized spacial score (nSPS) is 11.1. The third-order valence-electron chi connectivity index (χ3n) is 3.18. The van der Waals surface area contributed by atoms with Crippen molar-refractivity contribution < 1.29 is 33.8 Å². The van der Waals surface area contributed by atoms with Gasteiger partial charge in [0.1, 0.15) is 19.2 Å². The van der Waals surface area contributed by atoms with Gasteiger partial charge < -0.3 is 25.2 Å². The van der Waals surface area contributed by atoms with Crippen LogP contribution < -0.4 is 10.6 Å². The minimum Gasteiger partial charge on any atom is -0.481 e. The number of nitrogens with one attached hydrogen (secondary N) is 2. The van der Waals surface area contributed by atoms with Crippen molar-refractivity contribution in [3.63, 3.8) is 0 Å². The molecule has 0 saturated heterocycles. The second kappa shape index (κ2) is 11.5. The number of rotatable bonds is 10. The lowest BCUT2D eigenvalue weighted by Gasteiger charge is -2.17. The predicted octanol–water partition coefficient (Wildman–Crippen LogP) is 0.826. The molecule has 1 atom stereocenters. The Labute approximate surface area is 150 Å². The van der Waals surface area contributed by atoms with E-state index in [1.165, 1.54) is 0 Å². The van der Waals surface area contributed by atoms with Gasteiger partial charge >= 0.3 is 18.0 Å². The topological polar surface area (TPSA) is 131 Å². The maximum absolute atomic E-state index is 12.1. The molecule has 1 unspecified atom stereocenters. The van der Waals surface area contributed by atoms with Crippen LogP contribution in [0.1, 0.15) is 25.3 Å². The summed E-state index contributed by atoms with van der Waals surface area (Å²) in [5, 5.41) is 13.4. The van der Waals surface area contributed by atoms with Crippen molar-refractivity contribution in [3.05, 3.63) is 35.9 Å². The summed E-state index contributed by atoms with van der Waals surface area (Å²) in [6.07, 6.45) is -1.35. The van der Waals surface area contributed by atoms with Gasteiger partial charge in [-0.2, -0.15) is 0 Å². The Morgan fingerprint density at radius 2 is 1.81 bits per heavy atom. The molecule has 0 aromatic heterocycles. The summed E-state index contributed by atoms with van der Waals surface area (Å²) in [5.74, 6) is -2.45. The van der Waals surface area contributed by atoms with Crippen molar-refractivity contribution >= 4 is 23.9 Å². The summed E-state index contributed by atoms with van der Waals surface area (Å²) in [4.78, 5) is 46.0. The zero-order valence-corrected chi connectivity index (χ0v) is 14.4. The van der Waals surface area contributed by atoms with Gasteiger partial charge in [-0.25, -0.2) is 4.79 Å². The lowest BCUT2D eigenvalue weighted by atomic mass is 10.1. The van der Waals surface area contributed by atoms with E-state index < -0.39 is 30.0 Å². The number of hydrogen-bond acceptors (Lipinski definition) is 6. The van der Waals surface area contributed by atoms with Crippen LogP contribution in [0.2, 0.25) is 0 Å². The average molecular weight is 366 g/mol. The van der Waals surface area contributed by atoms with E-state index in [0.717, 1.165) is 5.56 Å². The van der Waals surface area contributed by atoms with E-state index in [1.54, 1.807) is 31.2 Å². The van der Waals surface area contributed by atoms with Crippen molar-refractivity contribution in [1.29, 1.82) is 0 Å². The third kappa shape index (κ3) is 8.67. The van der Waals surface area contributed by atoms with Gasteiger partial charge in [0, 0.05) is 6.42 Å². The van der Waals surface area contributed by atoms with Crippen LogP contribution >= 0.6 is 0 Å². The number of esters is 1. The molecule has 0 radical (unpaired) electrons. The molecule has 0 saturated carbocycles. The summed E-state index contributed by atoms with van der Waals surface area (Å²) >= 11 is 0. The van der Waals surface area contributed by atoms with Gasteiger partial charge in [0.25, 0.3) is 0 Å². The van der Waals surface area contributed by atoms with Crippen molar-refractivity contribution in [3.8, 4) is 0 Å². The molecule has 0 aliphatic rings. The highest BCUT2D eigenvalue weighted by atomic mass is 16.5. The lowest BCUT2D eigenvalue weighted by molar-refractivity contribution is -0.144. The fourth-order valence-corrected chi connectivity index (χ4v) is 1.94. The summed E-state index contributed by atoms with van der Waals surface area (Å²) in [7, 11) is 0. The first-order chi connectivity index (χ1) is 12.4. The summed E-state index contributed by atoms with van der Waals surface area (Å²) in [5.41, 5.74) is 0.761. The van der Waals surface area contributed by atoms with Crippen molar-refractivity contribution in [2.24, 2.45) is 0 Å². The maximum atomic E-state index is 12.1. The van der Waals surface area contributed by atoms with Crippen LogP contribution in [0.4, 0.5) is 4.79 Å². The van der Waals surface area contributed by atoms with E-state index in [4.69, 9.17) is 9.84 Å². The molecular formula is C17H22N2O7. The van der Waals surface area contributed by atoms with Gasteiger partial charge in [-0.1, -0.05) is 30.3 Å². The molecule has 0 aliphatic carbocycles. The number of carbonyl (C=O) groups excluding carboxylic acids is 3. The van der Waals surface area contributed by atoms with Crippen LogP contribution in [0, 0.1) is 0 Å². The van der Waals surface area contributed by atoms with E-state index in [1.807, 2.05) is 6.07 Å². The van der Waals surface area contributed by atoms with Crippen LogP contribution in [-0.4, -0.2) is 48.2 Å². The Morgan fingerprint density at radius 1 is 1.12 bits per heavy atom. The Balaban J connectivity index is 2.54. The number of amides is 2. The Bertz CT molecular complexity index is 619. The molecule has 9 heteroatoms. The number of hydrogen-bond donors (Lipinski definition) is 3. The van der Waals surface area contributed by atoms with Gasteiger partial charge in [0.05, 0.1) is 6.61 Å². The van der Waals surface area contributed by atoms with Crippen LogP contribution in [0.3, 0.4) is 0 Å². The SMILES string of the molecule is CCOC(=O)CNC(=O)C(CCC(=O)O)NC(=O)OCc1ccccc1. The van der Waals surface area contributed by atoms with E-state index in [0.29, 0.717) is 0 Å². The number of benzene rings is 1. The van der Waals surface area contributed by atoms with Crippen LogP contribution in [0.15, 0.2) is 30.3 Å². The Hall–Kier alpha value is -3.10. The largest absolute Gasteiger partial charge is 0.481 e. The summed E-state index contributed by atoms with van der Waals surface area (Å²) in [6, 6.07) is 7.77. The van der Waals surface area contributed by atoms with Crippen LogP contribution in [0.5, 0.6) is 0 Å². The second-order valence-electron chi connectivity index (χ2n) is 5.21. The van der Waals surface area contributed by atoms with Crippen LogP contribution in [0.25, 0.3) is 0 Å². The average Bonchev–Trinajstić information content (AvgIpc) is 2.62. The standard InChI is InChI=1S/C17H22N2O7/c1-2-25-15(22)10-18-16(23)13(8-9-14(20)21)19-17(24)26-11-12-6-4-3-5-7-12/h3-7,13H,2,8-11H2,1H3,(H,18,23)(H,19,24)(H,20,21). The number of carboxylic acids is 1. The van der Waals surface area contributed by atoms with Crippen molar-refractivity contribution in [1.82, 2.24) is 10.6 Å². The van der Waals surface area contributed by atoms with E-state index >= 15 is 0 Å². The van der Waals surface area contributed by atoms with Gasteiger partial charge in [-0.15, -0.1) is 0 Å². The van der Waals surface area contributed by atoms with Gasteiger partial charge in [-0.3, -0.25) is 14.4 Å². The van der Waals surface area contributed by atoms with Crippen molar-refractivity contribution in [2.75, 3.05) is 13.2 Å². The molecule has 0 bridgehead atoms. The minimum absolute atomic E-state index is 0.00275. The van der Waals surface area contributed by atoms with Crippen LogP contribution in [-0.2, 0) is 30.5 Å². The Morgan fingerprint density at radius 3 is 2.42 bits per heavy atom. The molecule has 3 N–H and O–H groups in total. The fraction of sp³-hybridized carbons (Fsp3) is 0.412. The lowest BCUT2D eigenvalue weighted by Crippen LogP contribution is -2.48. The van der Waals surface area contributed by atoms with E-state index in [9.17, 15) is 19.2 Å². The highest BCUT2D eigenvalue weighted by Gasteiger charge is 2.23. The minimum atomic E-state index is -1.15. The van der Waals surface area contributed by atoms with E-state index in [-0.39, 0.29) is 32.6 Å². The smallest absolute Gasteiger partial charge is 0.408 e. The molecule has 1 aromatic rings. The highest BCUT2D eigenvalue weighted by molar-refractivity contribution is 5.88. The first kappa shape index (κ1) is 20.9. The second-order valence-corrected chi connectivity index (χ2v) is 5.21. The molecule has 0 aliphatic heterocycles. The molecule has 0 spiro atoms. The summed E-state index contributed by atoms with van der Waals surface area (Å²) in [6.45, 7) is 1.42. The van der Waals surface area contributed by atoms with Crippen molar-refractivity contribution in [2.45, 2.75) is 32.4 Å². The van der Waals surface area contributed by atoms with Gasteiger partial charge in [0.2, 0.25) is 5.91 Å². The quantitative estimate of drug-likeness (QED) is 0.523. The zero-order valence-electron chi connectivity index (χ0n) is 14.4. The predicted molar refractivity (Wildman–Crippen MR) is 90.1 cm³/mol. The van der Waals surface area contributed by atoms with Gasteiger partial charge in [0.15, 0.2) is 0 Å². The molecule has 1 aromatic carbocycles. The Kier molecular flexibility index (Phi) is 9.23. The molecule has 9 nitrogen and oxygen atoms in total. The molecule has 0 heterocycles. The molecule has 0 fully saturated rings. The molecule has 142 valence electrons. The van der Waals surface area contributed by atoms with E-state index in [2.05, 4.69) is 15.4 Å². The summed E-state index contributed by atoms with van der Waals surface area (Å²) < 4.78 is 9.69. The molecular weight excluding hydrogens is 344 g/mol. The zero-order chi connectivity index (χ0) is 19.4. The first-order valence-electron chi connectivity index (χ1n) is 8.04. The molecule has 1 rings (SSSR count). The first-order valence-corrected chi connectivity index (χ1v) is 8.04.